The van der Waals surface area contributed by atoms with Gasteiger partial charge in [0.15, 0.2) is 0 Å². The molecule has 1 aliphatic heterocycles. The van der Waals surface area contributed by atoms with Gasteiger partial charge in [0, 0.05) is 0 Å². The summed E-state index contributed by atoms with van der Waals surface area (Å²) >= 11 is 0. The number of hydrogen-bond acceptors (Lipinski definition) is 5. The second-order valence-electron chi connectivity index (χ2n) is 4.43. The molecule has 9 heteroatoms. The van der Waals surface area contributed by atoms with Gasteiger partial charge in [-0.25, -0.2) is 18.7 Å². The van der Waals surface area contributed by atoms with E-state index in [9.17, 15) is 18.0 Å². The third-order valence-corrected chi connectivity index (χ3v) is 4.51. The van der Waals surface area contributed by atoms with Crippen LogP contribution < -0.4 is 10.2 Å². The predicted octanol–water partition coefficient (Wildman–Crippen LogP) is -0.344. The summed E-state index contributed by atoms with van der Waals surface area (Å²) in [6.45, 7) is 1.64. The number of carboxylic acids is 1. The molecular weight excluding hydrogens is 300 g/mol. The molecule has 0 spiro atoms. The smallest absolute Gasteiger partial charge is 0.336 e. The molecule has 1 fully saturated rings. The van der Waals surface area contributed by atoms with Crippen molar-refractivity contribution in [2.75, 3.05) is 6.61 Å². The van der Waals surface area contributed by atoms with Gasteiger partial charge in [-0.1, -0.05) is 13.0 Å². The lowest BCUT2D eigenvalue weighted by atomic mass is 10.1. The Morgan fingerprint density at radius 1 is 1.52 bits per heavy atom. The zero-order chi connectivity index (χ0) is 15.6. The van der Waals surface area contributed by atoms with Gasteiger partial charge in [-0.3, -0.25) is 9.63 Å². The molecule has 0 bridgehead atoms. The summed E-state index contributed by atoms with van der Waals surface area (Å²) in [6, 6.07) is 2.80. The molecule has 1 amide bonds. The number of carbonyl (C=O) groups is 2. The van der Waals surface area contributed by atoms with Crippen LogP contribution in [0.1, 0.15) is 22.8 Å². The fraction of sp³-hybridized carbons (Fsp3) is 0.333. The molecule has 0 saturated carbocycles. The summed E-state index contributed by atoms with van der Waals surface area (Å²) in [6.07, 6.45) is 0.467. The van der Waals surface area contributed by atoms with Crippen LogP contribution in [0.3, 0.4) is 0 Å². The molecule has 1 aromatic rings. The molecule has 1 heterocycles. The predicted molar refractivity (Wildman–Crippen MR) is 71.0 cm³/mol. The van der Waals surface area contributed by atoms with Crippen molar-refractivity contribution in [3.63, 3.8) is 0 Å². The highest BCUT2D eigenvalue weighted by atomic mass is 32.2. The second-order valence-corrected chi connectivity index (χ2v) is 6.14. The Morgan fingerprint density at radius 2 is 2.24 bits per heavy atom. The van der Waals surface area contributed by atoms with Crippen LogP contribution in [0.15, 0.2) is 23.1 Å². The van der Waals surface area contributed by atoms with Crippen LogP contribution >= 0.6 is 0 Å². The van der Waals surface area contributed by atoms with Gasteiger partial charge in [0.1, 0.15) is 12.6 Å². The molecule has 0 aromatic heterocycles. The average Bonchev–Trinajstić information content (AvgIpc) is 2.82. The van der Waals surface area contributed by atoms with Crippen molar-refractivity contribution in [3.05, 3.63) is 29.3 Å². The lowest BCUT2D eigenvalue weighted by molar-refractivity contribution is -0.124. The monoisotopic (exact) mass is 314 g/mol. The van der Waals surface area contributed by atoms with E-state index in [1.54, 1.807) is 6.92 Å². The van der Waals surface area contributed by atoms with Crippen molar-refractivity contribution in [1.29, 1.82) is 0 Å². The minimum Gasteiger partial charge on any atom is -0.478 e. The summed E-state index contributed by atoms with van der Waals surface area (Å²) in [4.78, 5) is 26.9. The third-order valence-electron chi connectivity index (χ3n) is 3.04. The lowest BCUT2D eigenvalue weighted by Crippen LogP contribution is -2.41. The fourth-order valence-electron chi connectivity index (χ4n) is 1.92. The topological polar surface area (TPSA) is 122 Å². The van der Waals surface area contributed by atoms with E-state index >= 15 is 0 Å². The van der Waals surface area contributed by atoms with Crippen LogP contribution in [0.5, 0.6) is 0 Å². The standard InChI is InChI=1S/C12H14N2O6S/c1-2-7-3-4-8(5-9(7)12(16)17)21(18,19)14-10-6-20-13-11(10)15/h3-5,10,14H,2,6H2,1H3,(H,13,15)(H,16,17)/t10-/m1/s1. The Kier molecular flexibility index (Phi) is 4.26. The molecule has 0 unspecified atom stereocenters. The fourth-order valence-corrected chi connectivity index (χ4v) is 3.12. The number of aryl methyl sites for hydroxylation is 1. The number of aromatic carboxylic acids is 1. The van der Waals surface area contributed by atoms with E-state index in [0.29, 0.717) is 12.0 Å². The van der Waals surface area contributed by atoms with Gasteiger partial charge >= 0.3 is 5.97 Å². The Labute approximate surface area is 121 Å². The Bertz CT molecular complexity index is 685. The second kappa shape index (κ2) is 5.80. The van der Waals surface area contributed by atoms with Crippen molar-refractivity contribution in [3.8, 4) is 0 Å². The molecule has 8 nitrogen and oxygen atoms in total. The average molecular weight is 314 g/mol. The minimum atomic E-state index is -4.01. The number of hydroxylamine groups is 1. The molecule has 1 atom stereocenters. The van der Waals surface area contributed by atoms with Crippen molar-refractivity contribution in [2.45, 2.75) is 24.3 Å². The third kappa shape index (κ3) is 3.20. The molecule has 1 saturated heterocycles. The summed E-state index contributed by atoms with van der Waals surface area (Å²) < 4.78 is 26.5. The highest BCUT2D eigenvalue weighted by Gasteiger charge is 2.31. The molecule has 0 radical (unpaired) electrons. The maximum atomic E-state index is 12.2. The van der Waals surface area contributed by atoms with Gasteiger partial charge < -0.3 is 5.11 Å². The number of carbonyl (C=O) groups excluding carboxylic acids is 1. The number of benzene rings is 1. The first-order valence-electron chi connectivity index (χ1n) is 6.15. The highest BCUT2D eigenvalue weighted by Crippen LogP contribution is 2.17. The van der Waals surface area contributed by atoms with Crippen LogP contribution in [0.2, 0.25) is 0 Å². The lowest BCUT2D eigenvalue weighted by Gasteiger charge is -2.11. The highest BCUT2D eigenvalue weighted by molar-refractivity contribution is 7.89. The summed E-state index contributed by atoms with van der Waals surface area (Å²) in [5.74, 6) is -1.80. The first-order chi connectivity index (χ1) is 9.85. The SMILES string of the molecule is CCc1ccc(S(=O)(=O)N[C@@H]2CONC2=O)cc1C(=O)O. The zero-order valence-corrected chi connectivity index (χ0v) is 11.9. The first-order valence-corrected chi connectivity index (χ1v) is 7.63. The molecule has 2 rings (SSSR count). The number of rotatable bonds is 5. The van der Waals surface area contributed by atoms with Gasteiger partial charge in [0.25, 0.3) is 5.91 Å². The van der Waals surface area contributed by atoms with Gasteiger partial charge in [-0.2, -0.15) is 4.72 Å². The van der Waals surface area contributed by atoms with E-state index in [1.165, 1.54) is 12.1 Å². The van der Waals surface area contributed by atoms with Crippen molar-refractivity contribution in [2.24, 2.45) is 0 Å². The van der Waals surface area contributed by atoms with Gasteiger partial charge in [-0.15, -0.1) is 0 Å². The van der Waals surface area contributed by atoms with Crippen LogP contribution in [0.4, 0.5) is 0 Å². The summed E-state index contributed by atoms with van der Waals surface area (Å²) in [7, 11) is -4.01. The quantitative estimate of drug-likeness (QED) is 0.683. The first kappa shape index (κ1) is 15.4. The number of amides is 1. The Hall–Kier alpha value is -1.97. The van der Waals surface area contributed by atoms with Crippen LogP contribution in [0.25, 0.3) is 0 Å². The Morgan fingerprint density at radius 3 is 2.76 bits per heavy atom. The molecule has 3 N–H and O–H groups in total. The maximum absolute atomic E-state index is 12.2. The van der Waals surface area contributed by atoms with E-state index in [1.807, 2.05) is 5.48 Å². The minimum absolute atomic E-state index is 0.0764. The zero-order valence-electron chi connectivity index (χ0n) is 11.1. The van der Waals surface area contributed by atoms with Crippen molar-refractivity contribution in [1.82, 2.24) is 10.2 Å². The van der Waals surface area contributed by atoms with Gasteiger partial charge in [0.05, 0.1) is 10.5 Å². The number of hydrogen-bond donors (Lipinski definition) is 3. The van der Waals surface area contributed by atoms with Crippen molar-refractivity contribution < 1.29 is 28.0 Å². The number of nitrogens with one attached hydrogen (secondary N) is 2. The molecule has 1 aromatic carbocycles. The van der Waals surface area contributed by atoms with Gasteiger partial charge in [0.2, 0.25) is 10.0 Å². The van der Waals surface area contributed by atoms with E-state index in [-0.39, 0.29) is 17.1 Å². The molecule has 21 heavy (non-hydrogen) atoms. The number of sulfonamides is 1. The van der Waals surface area contributed by atoms with E-state index in [4.69, 9.17) is 5.11 Å². The van der Waals surface area contributed by atoms with Crippen LogP contribution in [-0.4, -0.2) is 38.0 Å². The summed E-state index contributed by atoms with van der Waals surface area (Å²) in [5, 5.41) is 9.11. The van der Waals surface area contributed by atoms with E-state index in [0.717, 1.165) is 6.07 Å². The molecular formula is C12H14N2O6S. The molecule has 114 valence electrons. The van der Waals surface area contributed by atoms with Crippen molar-refractivity contribution >= 4 is 21.9 Å². The normalized spacial score (nSPS) is 18.5. The molecule has 0 aliphatic carbocycles. The van der Waals surface area contributed by atoms with E-state index < -0.39 is 27.9 Å². The number of carboxylic acid groups (broad SMARTS) is 1. The van der Waals surface area contributed by atoms with Crippen LogP contribution in [-0.2, 0) is 26.1 Å². The van der Waals surface area contributed by atoms with Crippen LogP contribution in [0, 0.1) is 0 Å². The summed E-state index contributed by atoms with van der Waals surface area (Å²) in [5.41, 5.74) is 2.49. The molecule has 1 aliphatic rings. The maximum Gasteiger partial charge on any atom is 0.336 e. The Balaban J connectivity index is 2.34. The van der Waals surface area contributed by atoms with E-state index in [2.05, 4.69) is 9.56 Å². The van der Waals surface area contributed by atoms with Gasteiger partial charge in [-0.05, 0) is 24.1 Å². The largest absolute Gasteiger partial charge is 0.478 e.